The summed E-state index contributed by atoms with van der Waals surface area (Å²) in [5.74, 6) is 0. The molecule has 36 valence electrons. The van der Waals surface area contributed by atoms with Crippen LogP contribution in [0.4, 0.5) is 0 Å². The molecule has 0 aliphatic carbocycles. The molecule has 0 aliphatic rings. The van der Waals surface area contributed by atoms with Crippen molar-refractivity contribution in [2.45, 2.75) is 0 Å². The maximum absolute atomic E-state index is 7.10. The molecule has 1 heterocycles. The third-order valence-electron chi connectivity index (χ3n) is 0.443. The number of pyridine rings is 1. The van der Waals surface area contributed by atoms with Crippen molar-refractivity contribution in [3.05, 3.63) is 29.5 Å². The first-order valence-corrected chi connectivity index (χ1v) is 2.01. The summed E-state index contributed by atoms with van der Waals surface area (Å²) in [6, 6.07) is -0.597. The van der Waals surface area contributed by atoms with Crippen molar-refractivity contribution in [2.75, 3.05) is 0 Å². The topological polar surface area (TPSA) is 12.9 Å². The van der Waals surface area contributed by atoms with Gasteiger partial charge in [0.2, 0.25) is 0 Å². The van der Waals surface area contributed by atoms with E-state index < -0.39 is 0 Å². The Kier molecular flexibility index (Phi) is 0.484. The zero-order valence-electron chi connectivity index (χ0n) is 7.33. The van der Waals surface area contributed by atoms with E-state index in [-0.39, 0.29) is 29.5 Å². The van der Waals surface area contributed by atoms with Crippen LogP contribution in [0.5, 0.6) is 0 Å². The van der Waals surface area contributed by atoms with Crippen LogP contribution in [0.25, 0.3) is 0 Å². The van der Waals surface area contributed by atoms with Crippen molar-refractivity contribution in [2.24, 2.45) is 0 Å². The van der Waals surface area contributed by atoms with Crippen LogP contribution in [0.15, 0.2) is 24.4 Å². The minimum atomic E-state index is -0.365. The molecule has 0 radical (unpaired) electrons. The highest BCUT2D eigenvalue weighted by Crippen LogP contribution is 2.01. The van der Waals surface area contributed by atoms with Crippen LogP contribution < -0.4 is 0 Å². The van der Waals surface area contributed by atoms with Crippen molar-refractivity contribution in [1.82, 2.24) is 4.98 Å². The molecule has 0 aromatic carbocycles. The molecular weight excluding hydrogens is 110 g/mol. The number of aromatic nitrogens is 1. The molecule has 1 aromatic rings. The third kappa shape index (κ3) is 1.16. The van der Waals surface area contributed by atoms with Crippen molar-refractivity contribution in [1.29, 1.82) is 0 Å². The van der Waals surface area contributed by atoms with Gasteiger partial charge < -0.3 is 0 Å². The summed E-state index contributed by atoms with van der Waals surface area (Å²) in [4.78, 5) is 3.31. The minimum absolute atomic E-state index is 0.185. The second-order valence-electron chi connectivity index (χ2n) is 0.899. The lowest BCUT2D eigenvalue weighted by atomic mass is 10.5. The Bertz CT molecular complexity index is 275. The molecule has 0 N–H and O–H groups in total. The van der Waals surface area contributed by atoms with E-state index in [0.717, 1.165) is 0 Å². The Morgan fingerprint density at radius 3 is 2.71 bits per heavy atom. The first-order chi connectivity index (χ1) is 5.04. The molecule has 0 bridgehead atoms. The molecular formula is C5H4ClN. The van der Waals surface area contributed by atoms with Gasteiger partial charge in [0, 0.05) is 17.4 Å². The summed E-state index contributed by atoms with van der Waals surface area (Å²) in [5.41, 5.74) is 0. The predicted octanol–water partition coefficient (Wildman–Crippen LogP) is 1.73. The molecule has 0 spiro atoms. The smallest absolute Gasteiger partial charge is 0.0840 e. The standard InChI is InChI=1S/C5H4ClN/c6-5-1-3-7-4-2-5/h1-4H/i1D,2D,3D,4D. The van der Waals surface area contributed by atoms with E-state index in [4.69, 9.17) is 17.1 Å². The summed E-state index contributed by atoms with van der Waals surface area (Å²) in [6.45, 7) is 0. The molecule has 0 amide bonds. The van der Waals surface area contributed by atoms with E-state index >= 15 is 0 Å². The maximum atomic E-state index is 7.10. The van der Waals surface area contributed by atoms with Crippen molar-refractivity contribution >= 4 is 11.6 Å². The number of nitrogens with zero attached hydrogens (tertiary/aromatic N) is 1. The molecule has 0 fully saturated rings. The van der Waals surface area contributed by atoms with Crippen LogP contribution in [0.2, 0.25) is 5.02 Å². The van der Waals surface area contributed by atoms with Gasteiger partial charge in [-0.3, -0.25) is 4.98 Å². The van der Waals surface area contributed by atoms with Gasteiger partial charge in [0.1, 0.15) is 0 Å². The fraction of sp³-hybridized carbons (Fsp3) is 0. The van der Waals surface area contributed by atoms with E-state index in [1.54, 1.807) is 0 Å². The van der Waals surface area contributed by atoms with Gasteiger partial charge in [0.25, 0.3) is 0 Å². The SMILES string of the molecule is [2H]c1nc([2H])c([2H])c(Cl)c1[2H]. The number of halogens is 1. The van der Waals surface area contributed by atoms with Crippen molar-refractivity contribution < 1.29 is 5.48 Å². The van der Waals surface area contributed by atoms with E-state index in [1.807, 2.05) is 0 Å². The van der Waals surface area contributed by atoms with E-state index in [1.165, 1.54) is 0 Å². The monoisotopic (exact) mass is 117 g/mol. The molecule has 0 saturated heterocycles. The summed E-state index contributed by atoms with van der Waals surface area (Å²) in [5, 5.41) is -0.185. The molecule has 0 unspecified atom stereocenters. The molecule has 0 saturated carbocycles. The molecule has 0 atom stereocenters. The lowest BCUT2D eigenvalue weighted by Crippen LogP contribution is -1.63. The Balaban J connectivity index is 3.46. The molecule has 1 rings (SSSR count). The molecule has 2 heteroatoms. The van der Waals surface area contributed by atoms with Crippen LogP contribution in [0.3, 0.4) is 0 Å². The van der Waals surface area contributed by atoms with Crippen LogP contribution in [0.1, 0.15) is 5.48 Å². The van der Waals surface area contributed by atoms with Gasteiger partial charge >= 0.3 is 0 Å². The van der Waals surface area contributed by atoms with Gasteiger partial charge in [-0.05, 0) is 12.1 Å². The number of hydrogen-bond donors (Lipinski definition) is 0. The first-order valence-electron chi connectivity index (χ1n) is 3.64. The highest BCUT2D eigenvalue weighted by molar-refractivity contribution is 6.30. The van der Waals surface area contributed by atoms with E-state index in [2.05, 4.69) is 4.98 Å². The minimum Gasteiger partial charge on any atom is -0.265 e. The van der Waals surface area contributed by atoms with Crippen molar-refractivity contribution in [3.63, 3.8) is 0 Å². The van der Waals surface area contributed by atoms with Crippen LogP contribution in [-0.2, 0) is 0 Å². The van der Waals surface area contributed by atoms with E-state index in [9.17, 15) is 0 Å². The lowest BCUT2D eigenvalue weighted by molar-refractivity contribution is 1.33. The highest BCUT2D eigenvalue weighted by atomic mass is 35.5. The van der Waals surface area contributed by atoms with Gasteiger partial charge in [0.05, 0.1) is 5.48 Å². The number of rotatable bonds is 0. The highest BCUT2D eigenvalue weighted by Gasteiger charge is 1.75. The van der Waals surface area contributed by atoms with Gasteiger partial charge in [-0.2, -0.15) is 0 Å². The predicted molar refractivity (Wildman–Crippen MR) is 29.2 cm³/mol. The van der Waals surface area contributed by atoms with Crippen molar-refractivity contribution in [3.8, 4) is 0 Å². The molecule has 0 aliphatic heterocycles. The van der Waals surface area contributed by atoms with Crippen LogP contribution in [0, 0.1) is 0 Å². The summed E-state index contributed by atoms with van der Waals surface area (Å²) < 4.78 is 28.2. The zero-order chi connectivity index (χ0) is 8.59. The average Bonchev–Trinajstić information content (AvgIpc) is 1.97. The average molecular weight is 118 g/mol. The lowest BCUT2D eigenvalue weighted by Gasteiger charge is -1.79. The Hall–Kier alpha value is -0.560. The quantitative estimate of drug-likeness (QED) is 0.505. The number of hydrogen-bond acceptors (Lipinski definition) is 1. The Morgan fingerprint density at radius 1 is 1.57 bits per heavy atom. The molecule has 1 aromatic heterocycles. The molecule has 1 nitrogen and oxygen atoms in total. The maximum Gasteiger partial charge on any atom is 0.0840 e. The second-order valence-corrected chi connectivity index (χ2v) is 1.28. The van der Waals surface area contributed by atoms with Gasteiger partial charge in [-0.1, -0.05) is 11.6 Å². The first kappa shape index (κ1) is 1.75. The fourth-order valence-electron chi connectivity index (χ4n) is 0.213. The third-order valence-corrected chi connectivity index (χ3v) is 0.632. The molecule has 7 heavy (non-hydrogen) atoms. The van der Waals surface area contributed by atoms with Gasteiger partial charge in [-0.15, -0.1) is 0 Å². The summed E-state index contributed by atoms with van der Waals surface area (Å²) >= 11 is 5.43. The summed E-state index contributed by atoms with van der Waals surface area (Å²) in [7, 11) is 0. The van der Waals surface area contributed by atoms with Gasteiger partial charge in [0.15, 0.2) is 0 Å². The van der Waals surface area contributed by atoms with E-state index in [0.29, 0.717) is 0 Å². The Morgan fingerprint density at radius 2 is 2.14 bits per heavy atom. The Labute approximate surface area is 52.6 Å². The van der Waals surface area contributed by atoms with Crippen LogP contribution in [-0.4, -0.2) is 4.98 Å². The normalized spacial score (nSPS) is 16.7. The zero-order valence-corrected chi connectivity index (χ0v) is 4.08. The fourth-order valence-corrected chi connectivity index (χ4v) is 0.298. The van der Waals surface area contributed by atoms with Gasteiger partial charge in [-0.25, -0.2) is 0 Å². The second kappa shape index (κ2) is 1.94. The van der Waals surface area contributed by atoms with Crippen LogP contribution >= 0.6 is 11.6 Å². The summed E-state index contributed by atoms with van der Waals surface area (Å²) in [6.07, 6.45) is -0.730. The largest absolute Gasteiger partial charge is 0.265 e.